The molecule has 0 aliphatic heterocycles. The number of benzene rings is 1. The summed E-state index contributed by atoms with van der Waals surface area (Å²) in [6.07, 6.45) is 4.61. The highest BCUT2D eigenvalue weighted by molar-refractivity contribution is 5.74. The van der Waals surface area contributed by atoms with Crippen molar-refractivity contribution in [3.8, 4) is 11.5 Å². The van der Waals surface area contributed by atoms with Crippen LogP contribution in [0.1, 0.15) is 32.1 Å². The highest BCUT2D eigenvalue weighted by Crippen LogP contribution is 2.24. The molecule has 0 amide bonds. The molecule has 178 valence electrons. The molecule has 1 aromatic carbocycles. The van der Waals surface area contributed by atoms with Crippen LogP contribution in [0.4, 0.5) is 5.95 Å². The third-order valence-electron chi connectivity index (χ3n) is 6.18. The topological polar surface area (TPSA) is 113 Å². The van der Waals surface area contributed by atoms with E-state index in [1.165, 1.54) is 18.0 Å². The molecule has 1 fully saturated rings. The molecular formula is C23H31N5O5. The number of imidazole rings is 1. The summed E-state index contributed by atoms with van der Waals surface area (Å²) >= 11 is 0. The molecule has 0 bridgehead atoms. The first-order valence-electron chi connectivity index (χ1n) is 11.3. The number of nitrogens with one attached hydrogen (secondary N) is 1. The molecule has 1 aliphatic rings. The van der Waals surface area contributed by atoms with E-state index in [0.717, 1.165) is 30.3 Å². The lowest BCUT2D eigenvalue weighted by Gasteiger charge is -2.24. The second kappa shape index (κ2) is 9.70. The van der Waals surface area contributed by atoms with E-state index < -0.39 is 17.4 Å². The van der Waals surface area contributed by atoms with Gasteiger partial charge in [-0.1, -0.05) is 19.3 Å². The Balaban J connectivity index is 1.62. The zero-order valence-corrected chi connectivity index (χ0v) is 19.3. The molecular weight excluding hydrogens is 426 g/mol. The maximum absolute atomic E-state index is 13.0. The average molecular weight is 458 g/mol. The van der Waals surface area contributed by atoms with Crippen molar-refractivity contribution in [3.05, 3.63) is 45.1 Å². The molecule has 2 heterocycles. The molecule has 3 aromatic rings. The number of nitrogens with zero attached hydrogens (tertiary/aromatic N) is 4. The van der Waals surface area contributed by atoms with Gasteiger partial charge in [-0.2, -0.15) is 4.98 Å². The number of hydrogen-bond acceptors (Lipinski definition) is 7. The molecule has 0 spiro atoms. The van der Waals surface area contributed by atoms with Crippen molar-refractivity contribution >= 4 is 17.1 Å². The number of anilines is 1. The van der Waals surface area contributed by atoms with Gasteiger partial charge in [0.25, 0.3) is 5.56 Å². The summed E-state index contributed by atoms with van der Waals surface area (Å²) in [6, 6.07) is 7.32. The summed E-state index contributed by atoms with van der Waals surface area (Å²) in [5.41, 5.74) is -0.309. The van der Waals surface area contributed by atoms with Gasteiger partial charge in [0.15, 0.2) is 11.2 Å². The number of aryl methyl sites for hydroxylation is 1. The van der Waals surface area contributed by atoms with E-state index in [9.17, 15) is 14.7 Å². The van der Waals surface area contributed by atoms with Crippen molar-refractivity contribution in [1.29, 1.82) is 0 Å². The Kier molecular flexibility index (Phi) is 6.73. The van der Waals surface area contributed by atoms with Crippen molar-refractivity contribution in [2.75, 3.05) is 19.0 Å². The Hall–Kier alpha value is -3.27. The maximum Gasteiger partial charge on any atom is 0.332 e. The lowest BCUT2D eigenvalue weighted by atomic mass is 9.96. The van der Waals surface area contributed by atoms with Crippen LogP contribution in [-0.4, -0.2) is 49.7 Å². The number of ether oxygens (including phenoxy) is 2. The Morgan fingerprint density at radius 3 is 2.42 bits per heavy atom. The average Bonchev–Trinajstić information content (AvgIpc) is 3.18. The fourth-order valence-corrected chi connectivity index (χ4v) is 4.29. The lowest BCUT2D eigenvalue weighted by molar-refractivity contribution is 0.0937. The van der Waals surface area contributed by atoms with Crippen LogP contribution in [-0.2, 0) is 20.6 Å². The van der Waals surface area contributed by atoms with Gasteiger partial charge in [0.2, 0.25) is 5.95 Å². The fourth-order valence-electron chi connectivity index (χ4n) is 4.29. The highest BCUT2D eigenvalue weighted by atomic mass is 16.5. The van der Waals surface area contributed by atoms with E-state index in [2.05, 4.69) is 10.3 Å². The summed E-state index contributed by atoms with van der Waals surface area (Å²) in [7, 11) is 4.63. The largest absolute Gasteiger partial charge is 0.497 e. The van der Waals surface area contributed by atoms with Crippen molar-refractivity contribution < 1.29 is 14.6 Å². The number of fused-ring (bicyclic) bond motifs is 1. The fraction of sp³-hybridized carbons (Fsp3) is 0.522. The van der Waals surface area contributed by atoms with Gasteiger partial charge in [-0.3, -0.25) is 13.9 Å². The normalized spacial score (nSPS) is 15.5. The quantitative estimate of drug-likeness (QED) is 0.529. The number of aliphatic hydroxyl groups is 1. The molecule has 10 nitrogen and oxygen atoms in total. The minimum absolute atomic E-state index is 0.0287. The Bertz CT molecular complexity index is 1220. The SMILES string of the molecule is COc1ccc(OC[C@H](O)Cn2c(NC3CCCCC3)nc3c2c(=O)n(C)c(=O)n3C)cc1. The van der Waals surface area contributed by atoms with Crippen molar-refractivity contribution in [3.63, 3.8) is 0 Å². The zero-order valence-electron chi connectivity index (χ0n) is 19.3. The first-order valence-corrected chi connectivity index (χ1v) is 11.3. The van der Waals surface area contributed by atoms with E-state index in [-0.39, 0.29) is 24.7 Å². The van der Waals surface area contributed by atoms with E-state index >= 15 is 0 Å². The molecule has 0 radical (unpaired) electrons. The zero-order chi connectivity index (χ0) is 23.5. The van der Waals surface area contributed by atoms with Crippen LogP contribution in [0.2, 0.25) is 0 Å². The Labute approximate surface area is 191 Å². The number of hydrogen-bond donors (Lipinski definition) is 2. The maximum atomic E-state index is 13.0. The molecule has 1 saturated carbocycles. The summed E-state index contributed by atoms with van der Waals surface area (Å²) in [4.78, 5) is 30.0. The second-order valence-electron chi connectivity index (χ2n) is 8.54. The van der Waals surface area contributed by atoms with Gasteiger partial charge in [-0.25, -0.2) is 4.79 Å². The molecule has 1 aliphatic carbocycles. The summed E-state index contributed by atoms with van der Waals surface area (Å²) in [5, 5.41) is 14.2. The predicted molar refractivity (Wildman–Crippen MR) is 125 cm³/mol. The van der Waals surface area contributed by atoms with Crippen LogP contribution in [0.3, 0.4) is 0 Å². The van der Waals surface area contributed by atoms with Gasteiger partial charge >= 0.3 is 5.69 Å². The molecule has 0 unspecified atom stereocenters. The van der Waals surface area contributed by atoms with Crippen molar-refractivity contribution in [2.45, 2.75) is 50.8 Å². The first-order chi connectivity index (χ1) is 15.9. The van der Waals surface area contributed by atoms with E-state index in [1.807, 2.05) is 0 Å². The monoisotopic (exact) mass is 457 g/mol. The summed E-state index contributed by atoms with van der Waals surface area (Å²) < 4.78 is 15.0. The smallest absolute Gasteiger partial charge is 0.332 e. The van der Waals surface area contributed by atoms with Gasteiger partial charge in [0.1, 0.15) is 24.2 Å². The molecule has 2 N–H and O–H groups in total. The van der Waals surface area contributed by atoms with Gasteiger partial charge in [0.05, 0.1) is 13.7 Å². The van der Waals surface area contributed by atoms with Crippen molar-refractivity contribution in [1.82, 2.24) is 18.7 Å². The molecule has 1 atom stereocenters. The molecule has 4 rings (SSSR count). The van der Waals surface area contributed by atoms with Gasteiger partial charge in [0, 0.05) is 20.1 Å². The highest BCUT2D eigenvalue weighted by Gasteiger charge is 2.23. The van der Waals surface area contributed by atoms with Crippen LogP contribution in [0.15, 0.2) is 33.9 Å². The van der Waals surface area contributed by atoms with Crippen LogP contribution >= 0.6 is 0 Å². The van der Waals surface area contributed by atoms with E-state index in [1.54, 1.807) is 43.0 Å². The molecule has 33 heavy (non-hydrogen) atoms. The number of rotatable bonds is 8. The van der Waals surface area contributed by atoms with Crippen LogP contribution in [0, 0.1) is 0 Å². The van der Waals surface area contributed by atoms with Gasteiger partial charge in [-0.15, -0.1) is 0 Å². The number of aromatic nitrogens is 4. The number of methoxy groups -OCH3 is 1. The Morgan fingerprint density at radius 2 is 1.76 bits per heavy atom. The molecule has 0 saturated heterocycles. The van der Waals surface area contributed by atoms with Crippen LogP contribution in [0.25, 0.3) is 11.2 Å². The Morgan fingerprint density at radius 1 is 1.09 bits per heavy atom. The van der Waals surface area contributed by atoms with Crippen molar-refractivity contribution in [2.24, 2.45) is 14.1 Å². The first kappa shape index (κ1) is 22.9. The van der Waals surface area contributed by atoms with Crippen LogP contribution in [0.5, 0.6) is 11.5 Å². The molecule has 2 aromatic heterocycles. The predicted octanol–water partition coefficient (Wildman–Crippen LogP) is 1.63. The summed E-state index contributed by atoms with van der Waals surface area (Å²) in [6.45, 7) is 0.121. The minimum atomic E-state index is -0.904. The third kappa shape index (κ3) is 4.75. The third-order valence-corrected chi connectivity index (χ3v) is 6.18. The summed E-state index contributed by atoms with van der Waals surface area (Å²) in [5.74, 6) is 1.80. The van der Waals surface area contributed by atoms with E-state index in [4.69, 9.17) is 9.47 Å². The van der Waals surface area contributed by atoms with Gasteiger partial charge < -0.3 is 24.5 Å². The lowest BCUT2D eigenvalue weighted by Crippen LogP contribution is -2.38. The minimum Gasteiger partial charge on any atom is -0.497 e. The standard InChI is InChI=1S/C23H31N5O5/c1-26-20-19(21(30)27(2)23(26)31)28(22(25-20)24-15-7-5-4-6-8-15)13-16(29)14-33-18-11-9-17(32-3)10-12-18/h9-12,15-16,29H,4-8,13-14H2,1-3H3,(H,24,25)/t16-/m1/s1. The van der Waals surface area contributed by atoms with Gasteiger partial charge in [-0.05, 0) is 37.1 Å². The second-order valence-corrected chi connectivity index (χ2v) is 8.54. The van der Waals surface area contributed by atoms with Crippen LogP contribution < -0.4 is 26.0 Å². The molecule has 10 heteroatoms. The van der Waals surface area contributed by atoms with E-state index in [0.29, 0.717) is 23.1 Å². The number of aliphatic hydroxyl groups excluding tert-OH is 1.